The molecule has 2 aromatic heterocycles. The van der Waals surface area contributed by atoms with Crippen molar-refractivity contribution in [3.8, 4) is 16.9 Å². The molecule has 2 heterocycles. The maximum absolute atomic E-state index is 13.3. The summed E-state index contributed by atoms with van der Waals surface area (Å²) >= 11 is 0. The highest BCUT2D eigenvalue weighted by molar-refractivity contribution is 7.90. The highest BCUT2D eigenvalue weighted by Gasteiger charge is 2.58. The van der Waals surface area contributed by atoms with Gasteiger partial charge in [-0.2, -0.15) is 22.0 Å². The lowest BCUT2D eigenvalue weighted by atomic mass is 10.0. The van der Waals surface area contributed by atoms with Gasteiger partial charge in [-0.25, -0.2) is 8.42 Å². The largest absolute Gasteiger partial charge is 0.486 e. The fraction of sp³-hybridized carbons (Fsp3) is 0.278. The molecule has 0 aliphatic carbocycles. The molecule has 0 unspecified atom stereocenters. The van der Waals surface area contributed by atoms with E-state index in [1.165, 1.54) is 30.1 Å². The molecule has 0 atom stereocenters. The number of nitrogens with one attached hydrogen (secondary N) is 1. The molecule has 1 N–H and O–H groups in total. The van der Waals surface area contributed by atoms with Gasteiger partial charge in [0.05, 0.1) is 4.90 Å². The Balaban J connectivity index is 2.17. The molecule has 162 valence electrons. The lowest BCUT2D eigenvalue weighted by Gasteiger charge is -2.21. The molecule has 0 aliphatic heterocycles. The van der Waals surface area contributed by atoms with Gasteiger partial charge in [0.25, 0.3) is 5.56 Å². The zero-order valence-corrected chi connectivity index (χ0v) is 16.4. The molecule has 0 bridgehead atoms. The van der Waals surface area contributed by atoms with Gasteiger partial charge in [-0.15, -0.1) is 0 Å². The summed E-state index contributed by atoms with van der Waals surface area (Å²) in [6.45, 7) is -1.99. The van der Waals surface area contributed by atoms with Crippen LogP contribution in [0.4, 0.5) is 22.0 Å². The summed E-state index contributed by atoms with van der Waals surface area (Å²) in [5.74, 6) is -5.51. The second-order valence-corrected chi connectivity index (χ2v) is 8.66. The van der Waals surface area contributed by atoms with Crippen molar-refractivity contribution in [2.24, 2.45) is 7.05 Å². The van der Waals surface area contributed by atoms with Gasteiger partial charge in [-0.3, -0.25) is 4.79 Å². The van der Waals surface area contributed by atoms with E-state index in [2.05, 4.69) is 4.98 Å². The molecular formula is C18H15F5N2O4S. The number of nitrogens with zero attached hydrogens (tertiary/aromatic N) is 1. The first-order valence-electron chi connectivity index (χ1n) is 8.31. The Bertz CT molecular complexity index is 1280. The minimum absolute atomic E-state index is 0.0598. The first-order valence-corrected chi connectivity index (χ1v) is 10.2. The van der Waals surface area contributed by atoms with Crippen LogP contribution in [0.5, 0.6) is 5.75 Å². The first kappa shape index (κ1) is 21.8. The third-order valence-electron chi connectivity index (χ3n) is 4.41. The quantitative estimate of drug-likeness (QED) is 0.604. The van der Waals surface area contributed by atoms with Gasteiger partial charge in [0, 0.05) is 42.2 Å². The van der Waals surface area contributed by atoms with Crippen LogP contribution in [0.1, 0.15) is 0 Å². The van der Waals surface area contributed by atoms with Gasteiger partial charge in [-0.1, -0.05) is 0 Å². The van der Waals surface area contributed by atoms with Crippen LogP contribution in [0.2, 0.25) is 0 Å². The van der Waals surface area contributed by atoms with E-state index in [0.717, 1.165) is 24.5 Å². The number of aromatic amines is 1. The highest BCUT2D eigenvalue weighted by atomic mass is 32.2. The summed E-state index contributed by atoms with van der Waals surface area (Å²) in [4.78, 5) is 14.7. The number of sulfone groups is 1. The molecule has 30 heavy (non-hydrogen) atoms. The molecule has 0 saturated heterocycles. The van der Waals surface area contributed by atoms with Crippen LogP contribution >= 0.6 is 0 Å². The number of fused-ring (bicyclic) bond motifs is 1. The summed E-state index contributed by atoms with van der Waals surface area (Å²) in [6.07, 6.45) is -2.15. The van der Waals surface area contributed by atoms with E-state index >= 15 is 0 Å². The van der Waals surface area contributed by atoms with Gasteiger partial charge in [-0.05, 0) is 24.3 Å². The molecular weight excluding hydrogens is 435 g/mol. The Morgan fingerprint density at radius 1 is 1.10 bits per heavy atom. The lowest BCUT2D eigenvalue weighted by Crippen LogP contribution is -2.41. The number of rotatable bonds is 5. The van der Waals surface area contributed by atoms with Gasteiger partial charge in [0.15, 0.2) is 16.4 Å². The van der Waals surface area contributed by atoms with Crippen LogP contribution in [0.15, 0.2) is 46.3 Å². The van der Waals surface area contributed by atoms with E-state index in [4.69, 9.17) is 4.74 Å². The van der Waals surface area contributed by atoms with E-state index in [1.807, 2.05) is 0 Å². The van der Waals surface area contributed by atoms with Crippen LogP contribution in [0.3, 0.4) is 0 Å². The van der Waals surface area contributed by atoms with Crippen molar-refractivity contribution in [3.63, 3.8) is 0 Å². The molecule has 3 aromatic rings. The average Bonchev–Trinajstić information content (AvgIpc) is 3.06. The topological polar surface area (TPSA) is 81.2 Å². The van der Waals surface area contributed by atoms with Crippen LogP contribution in [0.25, 0.3) is 22.0 Å². The zero-order valence-electron chi connectivity index (χ0n) is 15.5. The van der Waals surface area contributed by atoms with Gasteiger partial charge in [0.1, 0.15) is 11.3 Å². The number of aromatic nitrogens is 2. The Kier molecular flexibility index (Phi) is 5.17. The van der Waals surface area contributed by atoms with Gasteiger partial charge in [0.2, 0.25) is 0 Å². The molecule has 0 fully saturated rings. The second-order valence-electron chi connectivity index (χ2n) is 6.64. The molecule has 1 aromatic carbocycles. The molecule has 0 saturated carbocycles. The number of benzene rings is 1. The molecule has 0 aliphatic rings. The van der Waals surface area contributed by atoms with E-state index in [0.29, 0.717) is 5.39 Å². The molecule has 0 spiro atoms. The number of H-pyrrole nitrogens is 1. The van der Waals surface area contributed by atoms with Gasteiger partial charge >= 0.3 is 12.1 Å². The summed E-state index contributed by atoms with van der Waals surface area (Å²) in [7, 11) is -2.23. The first-order chi connectivity index (χ1) is 13.7. The van der Waals surface area contributed by atoms with Crippen LogP contribution in [-0.4, -0.2) is 42.9 Å². The predicted octanol–water partition coefficient (Wildman–Crippen LogP) is 3.51. The summed E-state index contributed by atoms with van der Waals surface area (Å²) in [5, 5.41) is 0.316. The maximum atomic E-state index is 13.3. The highest BCUT2D eigenvalue weighted by Crippen LogP contribution is 2.39. The number of ether oxygens (including phenoxy) is 1. The summed E-state index contributed by atoms with van der Waals surface area (Å²) in [5.41, 5.74) is -0.121. The fourth-order valence-electron chi connectivity index (χ4n) is 2.76. The summed E-state index contributed by atoms with van der Waals surface area (Å²) in [6, 6.07) is 4.64. The third-order valence-corrected chi connectivity index (χ3v) is 5.52. The Labute approximate surface area is 166 Å². The number of hydrogen-bond acceptors (Lipinski definition) is 4. The number of hydrogen-bond donors (Lipinski definition) is 1. The average molecular weight is 450 g/mol. The molecule has 12 heteroatoms. The Morgan fingerprint density at radius 2 is 1.77 bits per heavy atom. The van der Waals surface area contributed by atoms with Crippen molar-refractivity contribution in [1.29, 1.82) is 0 Å². The van der Waals surface area contributed by atoms with Crippen LogP contribution in [0, 0.1) is 0 Å². The SMILES string of the molecule is Cn1ccc2c(-c3cc(S(C)(=O)=O)ccc3OCC(F)(F)C(F)(F)F)c[nH]c2c1=O. The van der Waals surface area contributed by atoms with Crippen molar-refractivity contribution in [2.75, 3.05) is 12.9 Å². The van der Waals surface area contributed by atoms with Crippen molar-refractivity contribution in [1.82, 2.24) is 9.55 Å². The number of halogens is 5. The number of pyridine rings is 1. The number of alkyl halides is 5. The summed E-state index contributed by atoms with van der Waals surface area (Å²) < 4.78 is 93.9. The van der Waals surface area contributed by atoms with Crippen molar-refractivity contribution in [2.45, 2.75) is 17.0 Å². The monoisotopic (exact) mass is 450 g/mol. The fourth-order valence-corrected chi connectivity index (χ4v) is 3.41. The minimum atomic E-state index is -5.81. The minimum Gasteiger partial charge on any atom is -0.486 e. The Morgan fingerprint density at radius 3 is 2.37 bits per heavy atom. The van der Waals surface area contributed by atoms with E-state index in [1.54, 1.807) is 0 Å². The van der Waals surface area contributed by atoms with E-state index < -0.39 is 39.9 Å². The van der Waals surface area contributed by atoms with Crippen molar-refractivity contribution >= 4 is 20.7 Å². The van der Waals surface area contributed by atoms with Crippen LogP contribution in [-0.2, 0) is 16.9 Å². The Hall–Kier alpha value is -2.89. The molecule has 6 nitrogen and oxygen atoms in total. The lowest BCUT2D eigenvalue weighted by molar-refractivity contribution is -0.289. The van der Waals surface area contributed by atoms with Crippen molar-refractivity contribution < 1.29 is 35.1 Å². The normalized spacial score (nSPS) is 13.0. The predicted molar refractivity (Wildman–Crippen MR) is 98.6 cm³/mol. The molecule has 0 amide bonds. The number of aryl methyl sites for hydroxylation is 1. The third kappa shape index (κ3) is 3.91. The van der Waals surface area contributed by atoms with Gasteiger partial charge < -0.3 is 14.3 Å². The van der Waals surface area contributed by atoms with E-state index in [-0.39, 0.29) is 21.5 Å². The zero-order chi connectivity index (χ0) is 22.5. The maximum Gasteiger partial charge on any atom is 0.456 e. The van der Waals surface area contributed by atoms with Crippen LogP contribution < -0.4 is 10.3 Å². The standard InChI is InChI=1S/C18H15F5N2O4S/c1-25-6-5-11-13(8-24-15(11)16(25)26)12-7-10(30(2,27)28)3-4-14(12)29-9-17(19,20)18(21,22)23/h3-8,24H,9H2,1-2H3. The molecule has 3 rings (SSSR count). The van der Waals surface area contributed by atoms with E-state index in [9.17, 15) is 35.2 Å². The van der Waals surface area contributed by atoms with Crippen molar-refractivity contribution in [3.05, 3.63) is 47.0 Å². The second kappa shape index (κ2) is 7.11. The smallest absolute Gasteiger partial charge is 0.456 e. The molecule has 0 radical (unpaired) electrons.